The molecule has 0 heterocycles. The maximum absolute atomic E-state index is 12.8. The molecule has 0 aliphatic carbocycles. The number of hydrogen-bond acceptors (Lipinski definition) is 3. The molecule has 0 bridgehead atoms. The SMILES string of the molecule is CCOC(=O)CCC(=O)N[C@@H](C)c1ccc(F)cc1. The van der Waals surface area contributed by atoms with Gasteiger partial charge >= 0.3 is 5.97 Å². The van der Waals surface area contributed by atoms with Gasteiger partial charge in [-0.3, -0.25) is 9.59 Å². The van der Waals surface area contributed by atoms with E-state index in [2.05, 4.69) is 5.32 Å². The molecule has 0 saturated heterocycles. The van der Waals surface area contributed by atoms with E-state index in [0.29, 0.717) is 6.61 Å². The number of esters is 1. The number of carbonyl (C=O) groups is 2. The monoisotopic (exact) mass is 267 g/mol. The quantitative estimate of drug-likeness (QED) is 0.805. The van der Waals surface area contributed by atoms with Crippen molar-refractivity contribution in [1.29, 1.82) is 0 Å². The second-order valence-corrected chi connectivity index (χ2v) is 4.15. The summed E-state index contributed by atoms with van der Waals surface area (Å²) >= 11 is 0. The smallest absolute Gasteiger partial charge is 0.306 e. The predicted molar refractivity (Wildman–Crippen MR) is 68.8 cm³/mol. The van der Waals surface area contributed by atoms with E-state index in [0.717, 1.165) is 5.56 Å². The van der Waals surface area contributed by atoms with Crippen molar-refractivity contribution in [2.45, 2.75) is 32.7 Å². The van der Waals surface area contributed by atoms with E-state index in [-0.39, 0.29) is 36.6 Å². The van der Waals surface area contributed by atoms with Crippen molar-refractivity contribution in [3.8, 4) is 0 Å². The summed E-state index contributed by atoms with van der Waals surface area (Å²) in [6.07, 6.45) is 0.153. The van der Waals surface area contributed by atoms with E-state index in [1.54, 1.807) is 26.0 Å². The standard InChI is InChI=1S/C14H18FNO3/c1-3-19-14(18)9-8-13(17)16-10(2)11-4-6-12(15)7-5-11/h4-7,10H,3,8-9H2,1-2H3,(H,16,17)/t10-/m0/s1. The van der Waals surface area contributed by atoms with E-state index in [1.165, 1.54) is 12.1 Å². The molecule has 5 heteroatoms. The number of benzene rings is 1. The number of rotatable bonds is 6. The van der Waals surface area contributed by atoms with Crippen LogP contribution in [0.4, 0.5) is 4.39 Å². The fourth-order valence-electron chi connectivity index (χ4n) is 1.60. The second kappa shape index (κ2) is 7.51. The number of ether oxygens (including phenoxy) is 1. The number of carbonyl (C=O) groups excluding carboxylic acids is 2. The third-order valence-electron chi connectivity index (χ3n) is 2.61. The molecule has 0 unspecified atom stereocenters. The van der Waals surface area contributed by atoms with Gasteiger partial charge in [0, 0.05) is 6.42 Å². The number of amides is 1. The lowest BCUT2D eigenvalue weighted by molar-refractivity contribution is -0.144. The summed E-state index contributed by atoms with van der Waals surface area (Å²) in [5.41, 5.74) is 0.811. The second-order valence-electron chi connectivity index (χ2n) is 4.15. The Morgan fingerprint density at radius 1 is 1.26 bits per heavy atom. The van der Waals surface area contributed by atoms with Crippen LogP contribution in [-0.2, 0) is 14.3 Å². The summed E-state index contributed by atoms with van der Waals surface area (Å²) in [5, 5.41) is 2.74. The van der Waals surface area contributed by atoms with Crippen LogP contribution in [0.2, 0.25) is 0 Å². The summed E-state index contributed by atoms with van der Waals surface area (Å²) in [5.74, 6) is -0.929. The Morgan fingerprint density at radius 2 is 1.89 bits per heavy atom. The first-order valence-electron chi connectivity index (χ1n) is 6.23. The Labute approximate surface area is 112 Å². The first-order chi connectivity index (χ1) is 9.02. The zero-order chi connectivity index (χ0) is 14.3. The van der Waals surface area contributed by atoms with Gasteiger partial charge in [0.1, 0.15) is 5.82 Å². The van der Waals surface area contributed by atoms with E-state index < -0.39 is 0 Å². The van der Waals surface area contributed by atoms with Crippen LogP contribution in [0.25, 0.3) is 0 Å². The van der Waals surface area contributed by atoms with Crippen molar-refractivity contribution in [1.82, 2.24) is 5.32 Å². The van der Waals surface area contributed by atoms with Gasteiger partial charge in [0.05, 0.1) is 19.1 Å². The average Bonchev–Trinajstić information content (AvgIpc) is 2.37. The summed E-state index contributed by atoms with van der Waals surface area (Å²) in [4.78, 5) is 22.7. The van der Waals surface area contributed by atoms with Crippen LogP contribution in [0, 0.1) is 5.82 Å². The molecule has 0 saturated carbocycles. The number of hydrogen-bond donors (Lipinski definition) is 1. The first kappa shape index (κ1) is 15.1. The molecule has 0 fully saturated rings. The molecule has 0 aliphatic rings. The molecule has 1 atom stereocenters. The largest absolute Gasteiger partial charge is 0.466 e. The molecule has 0 aromatic heterocycles. The van der Waals surface area contributed by atoms with Gasteiger partial charge in [0.2, 0.25) is 5.91 Å². The first-order valence-corrected chi connectivity index (χ1v) is 6.23. The Kier molecular flexibility index (Phi) is 5.99. The van der Waals surface area contributed by atoms with Crippen molar-refractivity contribution in [3.63, 3.8) is 0 Å². The molecular formula is C14H18FNO3. The van der Waals surface area contributed by atoms with Crippen LogP contribution in [0.15, 0.2) is 24.3 Å². The Bertz CT molecular complexity index is 431. The molecule has 104 valence electrons. The van der Waals surface area contributed by atoms with Crippen LogP contribution in [0.5, 0.6) is 0 Å². The van der Waals surface area contributed by atoms with Crippen molar-refractivity contribution >= 4 is 11.9 Å². The molecule has 0 radical (unpaired) electrons. The third-order valence-corrected chi connectivity index (χ3v) is 2.61. The minimum atomic E-state index is -0.382. The lowest BCUT2D eigenvalue weighted by Crippen LogP contribution is -2.27. The van der Waals surface area contributed by atoms with Crippen LogP contribution in [-0.4, -0.2) is 18.5 Å². The fourth-order valence-corrected chi connectivity index (χ4v) is 1.60. The number of nitrogens with one attached hydrogen (secondary N) is 1. The van der Waals surface area contributed by atoms with Gasteiger partial charge < -0.3 is 10.1 Å². The molecule has 1 N–H and O–H groups in total. The van der Waals surface area contributed by atoms with Gasteiger partial charge in [0.25, 0.3) is 0 Å². The molecule has 1 amide bonds. The molecular weight excluding hydrogens is 249 g/mol. The fraction of sp³-hybridized carbons (Fsp3) is 0.429. The maximum atomic E-state index is 12.8. The predicted octanol–water partition coefficient (Wildman–Crippen LogP) is 2.35. The molecule has 1 aromatic carbocycles. The Morgan fingerprint density at radius 3 is 2.47 bits per heavy atom. The minimum absolute atomic E-state index is 0.0653. The normalized spacial score (nSPS) is 11.7. The van der Waals surface area contributed by atoms with Gasteiger partial charge in [-0.2, -0.15) is 0 Å². The van der Waals surface area contributed by atoms with E-state index in [9.17, 15) is 14.0 Å². The van der Waals surface area contributed by atoms with Crippen molar-refractivity contribution in [3.05, 3.63) is 35.6 Å². The Hall–Kier alpha value is -1.91. The highest BCUT2D eigenvalue weighted by Gasteiger charge is 2.11. The third kappa shape index (κ3) is 5.50. The molecule has 0 spiro atoms. The Balaban J connectivity index is 2.39. The van der Waals surface area contributed by atoms with Gasteiger partial charge in [0.15, 0.2) is 0 Å². The molecule has 1 rings (SSSR count). The summed E-state index contributed by atoms with van der Waals surface area (Å²) in [6, 6.07) is 5.69. The van der Waals surface area contributed by atoms with Gasteiger partial charge in [-0.1, -0.05) is 12.1 Å². The van der Waals surface area contributed by atoms with Gasteiger partial charge in [-0.15, -0.1) is 0 Å². The molecule has 0 aliphatic heterocycles. The van der Waals surface area contributed by atoms with Crippen molar-refractivity contribution < 1.29 is 18.7 Å². The van der Waals surface area contributed by atoms with E-state index in [1.807, 2.05) is 0 Å². The highest BCUT2D eigenvalue weighted by Crippen LogP contribution is 2.13. The van der Waals surface area contributed by atoms with E-state index >= 15 is 0 Å². The van der Waals surface area contributed by atoms with Crippen LogP contribution in [0.1, 0.15) is 38.3 Å². The summed E-state index contributed by atoms with van der Waals surface area (Å²) in [6.45, 7) is 3.83. The number of halogens is 1. The maximum Gasteiger partial charge on any atom is 0.306 e. The molecule has 1 aromatic rings. The lowest BCUT2D eigenvalue weighted by Gasteiger charge is -2.14. The van der Waals surface area contributed by atoms with Gasteiger partial charge in [-0.05, 0) is 31.5 Å². The topological polar surface area (TPSA) is 55.4 Å². The summed E-state index contributed by atoms with van der Waals surface area (Å²) < 4.78 is 17.5. The van der Waals surface area contributed by atoms with Crippen LogP contribution in [0.3, 0.4) is 0 Å². The van der Waals surface area contributed by atoms with Gasteiger partial charge in [-0.25, -0.2) is 4.39 Å². The zero-order valence-corrected chi connectivity index (χ0v) is 11.1. The molecule has 19 heavy (non-hydrogen) atoms. The van der Waals surface area contributed by atoms with E-state index in [4.69, 9.17) is 4.74 Å². The van der Waals surface area contributed by atoms with Crippen LogP contribution >= 0.6 is 0 Å². The van der Waals surface area contributed by atoms with Crippen LogP contribution < -0.4 is 5.32 Å². The average molecular weight is 267 g/mol. The molecule has 4 nitrogen and oxygen atoms in total. The highest BCUT2D eigenvalue weighted by molar-refractivity contribution is 5.81. The highest BCUT2D eigenvalue weighted by atomic mass is 19.1. The minimum Gasteiger partial charge on any atom is -0.466 e. The zero-order valence-electron chi connectivity index (χ0n) is 11.1. The summed E-state index contributed by atoms with van der Waals surface area (Å²) in [7, 11) is 0. The van der Waals surface area contributed by atoms with Crippen molar-refractivity contribution in [2.24, 2.45) is 0 Å². The van der Waals surface area contributed by atoms with Crippen molar-refractivity contribution in [2.75, 3.05) is 6.61 Å². The lowest BCUT2D eigenvalue weighted by atomic mass is 10.1.